The van der Waals surface area contributed by atoms with Crippen molar-refractivity contribution in [2.75, 3.05) is 11.5 Å². The van der Waals surface area contributed by atoms with Crippen molar-refractivity contribution >= 4 is 23.6 Å². The molecule has 2 atom stereocenters. The topological polar surface area (TPSA) is 46.2 Å². The Morgan fingerprint density at radius 2 is 2.36 bits per heavy atom. The molecule has 2 heterocycles. The molecule has 3 nitrogen and oxygen atoms in total. The summed E-state index contributed by atoms with van der Waals surface area (Å²) in [6.45, 7) is 2.03. The molecule has 14 heavy (non-hydrogen) atoms. The highest BCUT2D eigenvalue weighted by Gasteiger charge is 2.49. The molecule has 2 aliphatic heterocycles. The summed E-state index contributed by atoms with van der Waals surface area (Å²) in [7, 11) is 0. The molecule has 0 aromatic rings. The minimum absolute atomic E-state index is 0.0150. The number of thioether (sulfide) groups is 1. The molecule has 2 rings (SSSR count). The first kappa shape index (κ1) is 10.0. The highest BCUT2D eigenvalue weighted by Crippen LogP contribution is 2.47. The summed E-state index contributed by atoms with van der Waals surface area (Å²) in [6.07, 6.45) is 2.42. The highest BCUT2D eigenvalue weighted by atomic mass is 32.2. The van der Waals surface area contributed by atoms with E-state index < -0.39 is 0 Å². The number of hydrogen-bond donors (Lipinski definition) is 1. The third-order valence-corrected chi connectivity index (χ3v) is 4.64. The number of amides is 2. The first-order chi connectivity index (χ1) is 6.68. The van der Waals surface area contributed by atoms with Crippen molar-refractivity contribution in [2.24, 2.45) is 11.3 Å². The van der Waals surface area contributed by atoms with Crippen LogP contribution in [0.15, 0.2) is 0 Å². The van der Waals surface area contributed by atoms with Gasteiger partial charge in [0.1, 0.15) is 0 Å². The second-order valence-electron chi connectivity index (χ2n) is 4.21. The number of nitrogens with one attached hydrogen (secondary N) is 1. The lowest BCUT2D eigenvalue weighted by Gasteiger charge is -2.38. The Labute approximate surface area is 88.0 Å². The van der Waals surface area contributed by atoms with Gasteiger partial charge in [-0.3, -0.25) is 14.9 Å². The van der Waals surface area contributed by atoms with E-state index >= 15 is 0 Å². The third kappa shape index (κ3) is 1.45. The van der Waals surface area contributed by atoms with Crippen LogP contribution in [-0.4, -0.2) is 23.3 Å². The normalized spacial score (nSPS) is 37.6. The van der Waals surface area contributed by atoms with E-state index in [1.165, 1.54) is 0 Å². The predicted molar refractivity (Wildman–Crippen MR) is 55.9 cm³/mol. The van der Waals surface area contributed by atoms with Gasteiger partial charge in [-0.25, -0.2) is 0 Å². The number of carbonyl (C=O) groups is 2. The summed E-state index contributed by atoms with van der Waals surface area (Å²) in [5, 5.41) is 2.44. The van der Waals surface area contributed by atoms with Crippen LogP contribution in [0.2, 0.25) is 0 Å². The molecule has 2 fully saturated rings. The molecule has 2 amide bonds. The smallest absolute Gasteiger partial charge is 0.230 e. The maximum absolute atomic E-state index is 11.7. The van der Waals surface area contributed by atoms with Gasteiger partial charge in [-0.05, 0) is 18.6 Å². The minimum Gasteiger partial charge on any atom is -0.296 e. The summed E-state index contributed by atoms with van der Waals surface area (Å²) in [4.78, 5) is 23.0. The first-order valence-corrected chi connectivity index (χ1v) is 6.25. The van der Waals surface area contributed by atoms with E-state index in [0.29, 0.717) is 6.42 Å². The molecule has 2 unspecified atom stereocenters. The predicted octanol–water partition coefficient (Wildman–Crippen LogP) is 1.18. The molecule has 0 aliphatic carbocycles. The summed E-state index contributed by atoms with van der Waals surface area (Å²) >= 11 is 1.87. The fourth-order valence-corrected chi connectivity index (χ4v) is 4.19. The van der Waals surface area contributed by atoms with Crippen LogP contribution in [0.1, 0.15) is 26.2 Å². The Kier molecular flexibility index (Phi) is 2.56. The molecule has 4 heteroatoms. The zero-order chi connectivity index (χ0) is 10.2. The van der Waals surface area contributed by atoms with Gasteiger partial charge >= 0.3 is 0 Å². The molecule has 78 valence electrons. The molecule has 1 spiro atoms. The molecule has 2 saturated heterocycles. The van der Waals surface area contributed by atoms with Crippen molar-refractivity contribution in [2.45, 2.75) is 26.2 Å². The molecule has 0 aromatic carbocycles. The zero-order valence-electron chi connectivity index (χ0n) is 8.34. The van der Waals surface area contributed by atoms with Gasteiger partial charge in [0.15, 0.2) is 0 Å². The lowest BCUT2D eigenvalue weighted by Crippen LogP contribution is -2.52. The van der Waals surface area contributed by atoms with Crippen LogP contribution < -0.4 is 5.32 Å². The summed E-state index contributed by atoms with van der Waals surface area (Å²) < 4.78 is 0. The van der Waals surface area contributed by atoms with Gasteiger partial charge in [0.2, 0.25) is 11.8 Å². The number of carbonyl (C=O) groups excluding carboxylic acids is 2. The van der Waals surface area contributed by atoms with E-state index in [1.54, 1.807) is 0 Å². The van der Waals surface area contributed by atoms with Crippen molar-refractivity contribution < 1.29 is 9.59 Å². The van der Waals surface area contributed by atoms with Gasteiger partial charge in [0.25, 0.3) is 0 Å². The Morgan fingerprint density at radius 3 is 2.93 bits per heavy atom. The minimum atomic E-state index is -0.0813. The Hall–Kier alpha value is -0.510. The largest absolute Gasteiger partial charge is 0.296 e. The maximum Gasteiger partial charge on any atom is 0.230 e. The Balaban J connectivity index is 2.26. The van der Waals surface area contributed by atoms with Gasteiger partial charge in [-0.1, -0.05) is 6.92 Å². The van der Waals surface area contributed by atoms with Crippen LogP contribution in [0.3, 0.4) is 0 Å². The van der Waals surface area contributed by atoms with E-state index in [4.69, 9.17) is 0 Å². The van der Waals surface area contributed by atoms with Crippen molar-refractivity contribution in [3.63, 3.8) is 0 Å². The van der Waals surface area contributed by atoms with Gasteiger partial charge in [0, 0.05) is 23.5 Å². The average molecular weight is 213 g/mol. The van der Waals surface area contributed by atoms with Gasteiger partial charge in [-0.15, -0.1) is 0 Å². The fourth-order valence-electron chi connectivity index (χ4n) is 2.65. The summed E-state index contributed by atoms with van der Waals surface area (Å²) in [6, 6.07) is 0. The van der Waals surface area contributed by atoms with Gasteiger partial charge < -0.3 is 0 Å². The van der Waals surface area contributed by atoms with Gasteiger partial charge in [-0.2, -0.15) is 11.8 Å². The maximum atomic E-state index is 11.7. The van der Waals surface area contributed by atoms with Gasteiger partial charge in [0.05, 0.1) is 0 Å². The molecular weight excluding hydrogens is 198 g/mol. The SMILES string of the molecule is CCC1C(=O)NC(=O)CC12CCSC2. The van der Waals surface area contributed by atoms with Crippen LogP contribution in [0.5, 0.6) is 0 Å². The second-order valence-corrected chi connectivity index (χ2v) is 5.32. The molecule has 2 aliphatic rings. The van der Waals surface area contributed by atoms with E-state index in [-0.39, 0.29) is 23.1 Å². The number of hydrogen-bond acceptors (Lipinski definition) is 3. The lowest BCUT2D eigenvalue weighted by atomic mass is 9.68. The van der Waals surface area contributed by atoms with E-state index in [1.807, 2.05) is 18.7 Å². The molecule has 0 saturated carbocycles. The second kappa shape index (κ2) is 3.57. The van der Waals surface area contributed by atoms with Crippen molar-refractivity contribution in [1.82, 2.24) is 5.32 Å². The third-order valence-electron chi connectivity index (χ3n) is 3.37. The summed E-state index contributed by atoms with van der Waals surface area (Å²) in [5.74, 6) is 1.99. The quantitative estimate of drug-likeness (QED) is 0.665. The van der Waals surface area contributed by atoms with Crippen LogP contribution in [0.25, 0.3) is 0 Å². The fraction of sp³-hybridized carbons (Fsp3) is 0.800. The van der Waals surface area contributed by atoms with E-state index in [9.17, 15) is 9.59 Å². The first-order valence-electron chi connectivity index (χ1n) is 5.09. The Morgan fingerprint density at radius 1 is 1.57 bits per heavy atom. The Bertz CT molecular complexity index is 271. The van der Waals surface area contributed by atoms with Crippen LogP contribution in [-0.2, 0) is 9.59 Å². The van der Waals surface area contributed by atoms with Crippen LogP contribution in [0.4, 0.5) is 0 Å². The van der Waals surface area contributed by atoms with E-state index in [2.05, 4.69) is 5.32 Å². The lowest BCUT2D eigenvalue weighted by molar-refractivity contribution is -0.142. The molecule has 0 bridgehead atoms. The molecular formula is C10H15NO2S. The van der Waals surface area contributed by atoms with E-state index in [0.717, 1.165) is 24.3 Å². The highest BCUT2D eigenvalue weighted by molar-refractivity contribution is 7.99. The molecule has 0 radical (unpaired) electrons. The van der Waals surface area contributed by atoms with Crippen LogP contribution >= 0.6 is 11.8 Å². The van der Waals surface area contributed by atoms with Crippen molar-refractivity contribution in [1.29, 1.82) is 0 Å². The molecule has 1 N–H and O–H groups in total. The monoisotopic (exact) mass is 213 g/mol. The average Bonchev–Trinajstić information content (AvgIpc) is 2.53. The zero-order valence-corrected chi connectivity index (χ0v) is 9.15. The number of piperidine rings is 1. The van der Waals surface area contributed by atoms with Crippen molar-refractivity contribution in [3.05, 3.63) is 0 Å². The summed E-state index contributed by atoms with van der Waals surface area (Å²) in [5.41, 5.74) is -0.0150. The molecule has 0 aromatic heterocycles. The standard InChI is InChI=1S/C10H15NO2S/c1-2-7-9(13)11-8(12)5-10(7)3-4-14-6-10/h7H,2-6H2,1H3,(H,11,12,13). The van der Waals surface area contributed by atoms with Crippen LogP contribution in [0, 0.1) is 11.3 Å². The van der Waals surface area contributed by atoms with Crippen molar-refractivity contribution in [3.8, 4) is 0 Å². The number of imide groups is 1. The number of rotatable bonds is 1.